The molecule has 0 bridgehead atoms. The third kappa shape index (κ3) is 8.02. The van der Waals surface area contributed by atoms with E-state index >= 15 is 0 Å². The molecule has 3 heteroatoms. The van der Waals surface area contributed by atoms with Gasteiger partial charge in [-0.15, -0.1) is 11.3 Å². The molecular weight excluding hydrogens is 384 g/mol. The molecule has 0 spiro atoms. The van der Waals surface area contributed by atoms with Crippen molar-refractivity contribution in [2.24, 2.45) is 11.8 Å². The zero-order valence-electron chi connectivity index (χ0n) is 19.8. The molecule has 2 nitrogen and oxygen atoms in total. The molecule has 0 aromatic carbocycles. The molecule has 3 rings (SSSR count). The number of unbranched alkanes of at least 4 members (excludes halogenated alkanes) is 8. The minimum atomic E-state index is 0.967. The molecule has 1 fully saturated rings. The van der Waals surface area contributed by atoms with Crippen molar-refractivity contribution in [3.05, 3.63) is 23.0 Å². The lowest BCUT2D eigenvalue weighted by Crippen LogP contribution is -2.15. The second-order valence-corrected chi connectivity index (χ2v) is 11.0. The Morgan fingerprint density at radius 2 is 1.40 bits per heavy atom. The zero-order chi connectivity index (χ0) is 21.0. The number of aryl methyl sites for hydroxylation is 2. The molecule has 1 aliphatic rings. The highest BCUT2D eigenvalue weighted by Gasteiger charge is 2.21. The number of thiazole rings is 1. The molecule has 0 aliphatic heterocycles. The van der Waals surface area contributed by atoms with Crippen LogP contribution in [0, 0.1) is 11.8 Å². The Morgan fingerprint density at radius 1 is 0.767 bits per heavy atom. The van der Waals surface area contributed by atoms with E-state index in [1.54, 1.807) is 0 Å². The van der Waals surface area contributed by atoms with E-state index in [4.69, 9.17) is 4.98 Å². The molecule has 0 atom stereocenters. The first-order valence-corrected chi connectivity index (χ1v) is 14.1. The smallest absolute Gasteiger partial charge is 0.194 e. The molecule has 2 aromatic rings. The van der Waals surface area contributed by atoms with E-state index in [1.807, 2.05) is 11.3 Å². The van der Waals surface area contributed by atoms with Gasteiger partial charge in [-0.2, -0.15) is 0 Å². The Balaban J connectivity index is 1.31. The van der Waals surface area contributed by atoms with Crippen molar-refractivity contribution in [3.8, 4) is 0 Å². The van der Waals surface area contributed by atoms with Crippen LogP contribution in [-0.2, 0) is 12.8 Å². The molecule has 30 heavy (non-hydrogen) atoms. The Bertz CT molecular complexity index is 661. The normalized spacial score (nSPS) is 19.7. The summed E-state index contributed by atoms with van der Waals surface area (Å²) in [6.07, 6.45) is 29.8. The predicted octanol–water partition coefficient (Wildman–Crippen LogP) is 9.01. The summed E-state index contributed by atoms with van der Waals surface area (Å²) in [7, 11) is 0. The summed E-state index contributed by atoms with van der Waals surface area (Å²) in [5, 5.41) is 0. The van der Waals surface area contributed by atoms with Crippen molar-refractivity contribution in [3.63, 3.8) is 0 Å². The second kappa shape index (κ2) is 13.6. The van der Waals surface area contributed by atoms with Crippen molar-refractivity contribution < 1.29 is 0 Å². The standard InChI is InChI=1S/C27H46N2S/c1-3-5-7-9-11-13-23-15-17-24(18-16-23)19-20-26-22-29-21-25(28-27(29)30-26)14-12-10-8-6-4-2/h21-24H,3-20H2,1-2H3. The summed E-state index contributed by atoms with van der Waals surface area (Å²) in [6, 6.07) is 0. The van der Waals surface area contributed by atoms with E-state index in [0.717, 1.165) is 18.3 Å². The van der Waals surface area contributed by atoms with Crippen LogP contribution in [0.4, 0.5) is 0 Å². The highest BCUT2D eigenvalue weighted by atomic mass is 32.1. The van der Waals surface area contributed by atoms with Crippen molar-refractivity contribution in [1.29, 1.82) is 0 Å². The van der Waals surface area contributed by atoms with Gasteiger partial charge in [0.2, 0.25) is 0 Å². The van der Waals surface area contributed by atoms with Crippen molar-refractivity contribution in [2.45, 2.75) is 129 Å². The average molecular weight is 431 g/mol. The number of hydrogen-bond donors (Lipinski definition) is 0. The topological polar surface area (TPSA) is 17.3 Å². The van der Waals surface area contributed by atoms with Gasteiger partial charge in [0, 0.05) is 17.3 Å². The number of fused-ring (bicyclic) bond motifs is 1. The van der Waals surface area contributed by atoms with Crippen LogP contribution < -0.4 is 0 Å². The predicted molar refractivity (Wildman–Crippen MR) is 133 cm³/mol. The van der Waals surface area contributed by atoms with Crippen molar-refractivity contribution in [1.82, 2.24) is 9.38 Å². The maximum absolute atomic E-state index is 4.88. The van der Waals surface area contributed by atoms with Crippen LogP contribution >= 0.6 is 11.3 Å². The maximum atomic E-state index is 4.88. The second-order valence-electron chi connectivity index (χ2n) is 9.91. The van der Waals surface area contributed by atoms with Gasteiger partial charge in [0.1, 0.15) is 0 Å². The van der Waals surface area contributed by atoms with Gasteiger partial charge in [-0.1, -0.05) is 104 Å². The number of imidazole rings is 1. The lowest BCUT2D eigenvalue weighted by molar-refractivity contribution is 0.249. The van der Waals surface area contributed by atoms with E-state index in [0.29, 0.717) is 0 Å². The van der Waals surface area contributed by atoms with Gasteiger partial charge in [0.05, 0.1) is 5.69 Å². The van der Waals surface area contributed by atoms with Crippen molar-refractivity contribution in [2.75, 3.05) is 0 Å². The minimum Gasteiger partial charge on any atom is -0.297 e. The van der Waals surface area contributed by atoms with E-state index < -0.39 is 0 Å². The first-order valence-electron chi connectivity index (χ1n) is 13.2. The molecule has 170 valence electrons. The molecule has 2 aromatic heterocycles. The van der Waals surface area contributed by atoms with Gasteiger partial charge in [-0.05, 0) is 37.5 Å². The Kier molecular flexibility index (Phi) is 10.8. The van der Waals surface area contributed by atoms with Gasteiger partial charge in [-0.25, -0.2) is 4.98 Å². The summed E-state index contributed by atoms with van der Waals surface area (Å²) in [4.78, 5) is 7.63. The van der Waals surface area contributed by atoms with E-state index in [2.05, 4.69) is 30.6 Å². The summed E-state index contributed by atoms with van der Waals surface area (Å²) < 4.78 is 2.29. The Morgan fingerprint density at radius 3 is 2.07 bits per heavy atom. The Hall–Kier alpha value is -0.830. The van der Waals surface area contributed by atoms with E-state index in [9.17, 15) is 0 Å². The third-order valence-corrected chi connectivity index (χ3v) is 8.33. The fourth-order valence-electron chi connectivity index (χ4n) is 5.23. The monoisotopic (exact) mass is 430 g/mol. The molecule has 0 N–H and O–H groups in total. The highest BCUT2D eigenvalue weighted by Crippen LogP contribution is 2.35. The highest BCUT2D eigenvalue weighted by molar-refractivity contribution is 7.17. The van der Waals surface area contributed by atoms with Crippen LogP contribution in [0.2, 0.25) is 0 Å². The summed E-state index contributed by atoms with van der Waals surface area (Å²) in [5.74, 6) is 2.00. The van der Waals surface area contributed by atoms with Crippen LogP contribution in [0.25, 0.3) is 4.96 Å². The number of hydrogen-bond acceptors (Lipinski definition) is 2. The number of rotatable bonds is 15. The van der Waals surface area contributed by atoms with E-state index in [-0.39, 0.29) is 0 Å². The molecule has 0 unspecified atom stereocenters. The number of nitrogens with zero attached hydrogens (tertiary/aromatic N) is 2. The lowest BCUT2D eigenvalue weighted by atomic mass is 9.78. The minimum absolute atomic E-state index is 0.967. The summed E-state index contributed by atoms with van der Waals surface area (Å²) >= 11 is 1.92. The molecule has 1 saturated carbocycles. The first-order chi connectivity index (χ1) is 14.8. The lowest BCUT2D eigenvalue weighted by Gasteiger charge is -2.28. The molecule has 0 amide bonds. The van der Waals surface area contributed by atoms with Crippen LogP contribution in [0.15, 0.2) is 12.4 Å². The van der Waals surface area contributed by atoms with Gasteiger partial charge in [0.25, 0.3) is 0 Å². The third-order valence-electron chi connectivity index (χ3n) is 7.27. The van der Waals surface area contributed by atoms with Crippen LogP contribution in [0.1, 0.15) is 127 Å². The van der Waals surface area contributed by atoms with Crippen molar-refractivity contribution >= 4 is 16.3 Å². The van der Waals surface area contributed by atoms with Gasteiger partial charge in [-0.3, -0.25) is 4.40 Å². The molecule has 1 aliphatic carbocycles. The van der Waals surface area contributed by atoms with Gasteiger partial charge in [0.15, 0.2) is 4.96 Å². The summed E-state index contributed by atoms with van der Waals surface area (Å²) in [5.41, 5.74) is 1.29. The van der Waals surface area contributed by atoms with Crippen LogP contribution in [0.3, 0.4) is 0 Å². The molecule has 2 heterocycles. The Labute approximate surface area is 189 Å². The number of aromatic nitrogens is 2. The fraction of sp³-hybridized carbons (Fsp3) is 0.815. The van der Waals surface area contributed by atoms with Gasteiger partial charge < -0.3 is 0 Å². The molecule has 0 radical (unpaired) electrons. The SMILES string of the molecule is CCCCCCCc1cn2cc(CCC3CCC(CCCCCCC)CC3)sc2n1. The fourth-order valence-corrected chi connectivity index (χ4v) is 6.22. The summed E-state index contributed by atoms with van der Waals surface area (Å²) in [6.45, 7) is 4.59. The van der Waals surface area contributed by atoms with Crippen LogP contribution in [-0.4, -0.2) is 9.38 Å². The quantitative estimate of drug-likeness (QED) is 0.258. The molecule has 0 saturated heterocycles. The van der Waals surface area contributed by atoms with E-state index in [1.165, 1.54) is 125 Å². The largest absolute Gasteiger partial charge is 0.297 e. The average Bonchev–Trinajstić information content (AvgIpc) is 3.31. The zero-order valence-corrected chi connectivity index (χ0v) is 20.7. The molecular formula is C27H46N2S. The van der Waals surface area contributed by atoms with Crippen LogP contribution in [0.5, 0.6) is 0 Å². The first kappa shape index (κ1) is 23.8. The maximum Gasteiger partial charge on any atom is 0.194 e. The van der Waals surface area contributed by atoms with Gasteiger partial charge >= 0.3 is 0 Å².